The molecular formula is C17H16N2O8. The smallest absolute Gasteiger partial charge is 0.408 e. The van der Waals surface area contributed by atoms with Crippen molar-refractivity contribution in [2.45, 2.75) is 19.1 Å². The summed E-state index contributed by atoms with van der Waals surface area (Å²) in [5, 5.41) is 41.4. The largest absolute Gasteiger partial charge is 0.508 e. The molecule has 2 aromatic rings. The van der Waals surface area contributed by atoms with Crippen molar-refractivity contribution in [3.05, 3.63) is 63.7 Å². The second-order valence-electron chi connectivity index (χ2n) is 5.56. The average Bonchev–Trinajstić information content (AvgIpc) is 2.58. The Morgan fingerprint density at radius 3 is 2.30 bits per heavy atom. The second kappa shape index (κ2) is 8.04. The van der Waals surface area contributed by atoms with Gasteiger partial charge in [-0.2, -0.15) is 0 Å². The maximum Gasteiger partial charge on any atom is 0.408 e. The molecule has 0 aromatic heterocycles. The van der Waals surface area contributed by atoms with E-state index in [4.69, 9.17) is 4.74 Å². The number of nitro groups is 1. The van der Waals surface area contributed by atoms with Gasteiger partial charge in [-0.25, -0.2) is 9.59 Å². The Morgan fingerprint density at radius 2 is 1.74 bits per heavy atom. The van der Waals surface area contributed by atoms with Crippen LogP contribution in [0.4, 0.5) is 10.5 Å². The third kappa shape index (κ3) is 4.84. The van der Waals surface area contributed by atoms with Crippen molar-refractivity contribution in [3.8, 4) is 11.5 Å². The summed E-state index contributed by atoms with van der Waals surface area (Å²) in [6.45, 7) is 1.40. The molecule has 0 saturated carbocycles. The summed E-state index contributed by atoms with van der Waals surface area (Å²) in [5.41, 5.74) is -0.194. The highest BCUT2D eigenvalue weighted by atomic mass is 16.6. The monoisotopic (exact) mass is 376 g/mol. The highest BCUT2D eigenvalue weighted by Gasteiger charge is 2.26. The number of carbonyl (C=O) groups excluding carboxylic acids is 1. The van der Waals surface area contributed by atoms with E-state index in [9.17, 15) is 35.0 Å². The van der Waals surface area contributed by atoms with Crippen molar-refractivity contribution in [2.75, 3.05) is 0 Å². The van der Waals surface area contributed by atoms with Gasteiger partial charge in [0, 0.05) is 12.1 Å². The fourth-order valence-corrected chi connectivity index (χ4v) is 2.45. The lowest BCUT2D eigenvalue weighted by Gasteiger charge is -2.18. The van der Waals surface area contributed by atoms with Gasteiger partial charge in [-0.3, -0.25) is 10.1 Å². The predicted molar refractivity (Wildman–Crippen MR) is 91.3 cm³/mol. The van der Waals surface area contributed by atoms with Crippen LogP contribution in [0.3, 0.4) is 0 Å². The number of phenols is 2. The molecule has 0 saturated heterocycles. The van der Waals surface area contributed by atoms with Crippen LogP contribution in [0.5, 0.6) is 11.5 Å². The Kier molecular flexibility index (Phi) is 5.81. The van der Waals surface area contributed by atoms with Gasteiger partial charge in [-0.1, -0.05) is 12.1 Å². The van der Waals surface area contributed by atoms with E-state index in [2.05, 4.69) is 5.32 Å². The number of para-hydroxylation sites is 1. The van der Waals surface area contributed by atoms with Gasteiger partial charge in [0.1, 0.15) is 17.6 Å². The zero-order valence-electron chi connectivity index (χ0n) is 14.0. The zero-order valence-corrected chi connectivity index (χ0v) is 14.0. The topological polar surface area (TPSA) is 159 Å². The number of phenolic OH excluding ortho intramolecular Hbond substituents is 2. The van der Waals surface area contributed by atoms with Crippen molar-refractivity contribution >= 4 is 17.7 Å². The lowest BCUT2D eigenvalue weighted by atomic mass is 10.1. The van der Waals surface area contributed by atoms with E-state index in [1.165, 1.54) is 31.2 Å². The molecule has 1 amide bonds. The first-order chi connectivity index (χ1) is 12.7. The van der Waals surface area contributed by atoms with Crippen LogP contribution in [0.1, 0.15) is 30.2 Å². The van der Waals surface area contributed by atoms with Crippen LogP contribution in [0, 0.1) is 10.1 Å². The number of carboxylic acid groups (broad SMARTS) is 1. The number of alkyl carbamates (subject to hydrolysis) is 1. The Labute approximate surface area is 152 Å². The molecule has 142 valence electrons. The van der Waals surface area contributed by atoms with Crippen molar-refractivity contribution in [1.29, 1.82) is 0 Å². The Morgan fingerprint density at radius 1 is 1.15 bits per heavy atom. The number of carboxylic acids is 1. The number of nitro benzene ring substituents is 1. The van der Waals surface area contributed by atoms with Crippen molar-refractivity contribution in [2.24, 2.45) is 0 Å². The zero-order chi connectivity index (χ0) is 20.1. The van der Waals surface area contributed by atoms with E-state index in [-0.39, 0.29) is 28.3 Å². The lowest BCUT2D eigenvalue weighted by Crippen LogP contribution is -2.34. The highest BCUT2D eigenvalue weighted by molar-refractivity contribution is 5.81. The number of aliphatic carboxylic acids is 1. The molecular weight excluding hydrogens is 360 g/mol. The molecule has 0 aliphatic carbocycles. The minimum absolute atomic E-state index is 0.0877. The molecule has 0 bridgehead atoms. The lowest BCUT2D eigenvalue weighted by molar-refractivity contribution is -0.386. The number of aromatic hydroxyl groups is 2. The minimum atomic E-state index is -1.62. The molecule has 0 radical (unpaired) electrons. The number of amides is 1. The van der Waals surface area contributed by atoms with Gasteiger partial charge in [0.15, 0.2) is 6.04 Å². The molecule has 1 unspecified atom stereocenters. The van der Waals surface area contributed by atoms with Crippen LogP contribution < -0.4 is 5.32 Å². The molecule has 2 atom stereocenters. The molecule has 0 spiro atoms. The number of hydrogen-bond acceptors (Lipinski definition) is 7. The van der Waals surface area contributed by atoms with Gasteiger partial charge < -0.3 is 25.4 Å². The van der Waals surface area contributed by atoms with Gasteiger partial charge in [0.2, 0.25) is 0 Å². The number of hydrogen-bond donors (Lipinski definition) is 4. The summed E-state index contributed by atoms with van der Waals surface area (Å²) in [7, 11) is 0. The minimum Gasteiger partial charge on any atom is -0.508 e. The molecule has 10 heteroatoms. The molecule has 2 aromatic carbocycles. The first-order valence-corrected chi connectivity index (χ1v) is 7.65. The second-order valence-corrected chi connectivity index (χ2v) is 5.56. The van der Waals surface area contributed by atoms with Gasteiger partial charge in [-0.05, 0) is 30.7 Å². The summed E-state index contributed by atoms with van der Waals surface area (Å²) >= 11 is 0. The number of rotatable bonds is 6. The maximum atomic E-state index is 12.1. The van der Waals surface area contributed by atoms with Crippen LogP contribution in [-0.2, 0) is 9.53 Å². The Hall–Kier alpha value is -3.82. The summed E-state index contributed by atoms with van der Waals surface area (Å²) < 4.78 is 5.05. The molecule has 0 aliphatic heterocycles. The van der Waals surface area contributed by atoms with Crippen molar-refractivity contribution < 1.29 is 34.6 Å². The SMILES string of the molecule is CC(OC(=O)N[C@H](C(=O)O)c1cc(O)cc(O)c1)c1ccccc1[N+](=O)[O-]. The van der Waals surface area contributed by atoms with Gasteiger partial charge in [0.25, 0.3) is 5.69 Å². The van der Waals surface area contributed by atoms with E-state index >= 15 is 0 Å². The average molecular weight is 376 g/mol. The third-order valence-electron chi connectivity index (χ3n) is 3.62. The van der Waals surface area contributed by atoms with Crippen LogP contribution in [0.25, 0.3) is 0 Å². The van der Waals surface area contributed by atoms with Gasteiger partial charge in [0.05, 0.1) is 10.5 Å². The third-order valence-corrected chi connectivity index (χ3v) is 3.62. The van der Waals surface area contributed by atoms with Crippen LogP contribution in [-0.4, -0.2) is 32.3 Å². The van der Waals surface area contributed by atoms with E-state index in [1.54, 1.807) is 0 Å². The number of nitrogens with zero attached hydrogens (tertiary/aromatic N) is 1. The first-order valence-electron chi connectivity index (χ1n) is 7.65. The molecule has 27 heavy (non-hydrogen) atoms. The first kappa shape index (κ1) is 19.5. The number of ether oxygens (including phenoxy) is 1. The molecule has 10 nitrogen and oxygen atoms in total. The van der Waals surface area contributed by atoms with Gasteiger partial charge in [-0.15, -0.1) is 0 Å². The summed E-state index contributed by atoms with van der Waals surface area (Å²) in [6.07, 6.45) is -2.17. The summed E-state index contributed by atoms with van der Waals surface area (Å²) in [4.78, 5) is 33.9. The number of benzene rings is 2. The fraction of sp³-hybridized carbons (Fsp3) is 0.176. The molecule has 0 fully saturated rings. The van der Waals surface area contributed by atoms with E-state index in [0.717, 1.165) is 18.2 Å². The molecule has 0 heterocycles. The highest BCUT2D eigenvalue weighted by Crippen LogP contribution is 2.28. The summed E-state index contributed by atoms with van der Waals surface area (Å²) in [6, 6.07) is 7.17. The summed E-state index contributed by atoms with van der Waals surface area (Å²) in [5.74, 6) is -2.24. The number of carbonyl (C=O) groups is 2. The van der Waals surface area contributed by atoms with Crippen LogP contribution in [0.2, 0.25) is 0 Å². The normalized spacial score (nSPS) is 12.6. The van der Waals surface area contributed by atoms with E-state index in [0.29, 0.717) is 0 Å². The van der Waals surface area contributed by atoms with Crippen molar-refractivity contribution in [3.63, 3.8) is 0 Å². The van der Waals surface area contributed by atoms with E-state index < -0.39 is 29.1 Å². The molecule has 4 N–H and O–H groups in total. The van der Waals surface area contributed by atoms with Crippen molar-refractivity contribution in [1.82, 2.24) is 5.32 Å². The molecule has 0 aliphatic rings. The number of nitrogens with one attached hydrogen (secondary N) is 1. The Bertz CT molecular complexity index is 863. The fourth-order valence-electron chi connectivity index (χ4n) is 2.45. The van der Waals surface area contributed by atoms with Gasteiger partial charge >= 0.3 is 12.1 Å². The quantitative estimate of drug-likeness (QED) is 0.442. The maximum absolute atomic E-state index is 12.1. The van der Waals surface area contributed by atoms with E-state index in [1.807, 2.05) is 0 Å². The molecule has 2 rings (SSSR count). The van der Waals surface area contributed by atoms with Crippen LogP contribution in [0.15, 0.2) is 42.5 Å². The Balaban J connectivity index is 2.17. The predicted octanol–water partition coefficient (Wildman–Crippen LogP) is 2.62. The van der Waals surface area contributed by atoms with Crippen LogP contribution >= 0.6 is 0 Å². The standard InChI is InChI=1S/C17H16N2O8/c1-9(13-4-2-3-5-14(13)19(25)26)27-17(24)18-15(16(22)23)10-6-11(20)8-12(21)7-10/h2-9,15,20-21H,1H3,(H,18,24)(H,22,23)/t9?,15-/m0/s1.